The van der Waals surface area contributed by atoms with Gasteiger partial charge < -0.3 is 14.2 Å². The van der Waals surface area contributed by atoms with Gasteiger partial charge in [-0.3, -0.25) is 0 Å². The Bertz CT molecular complexity index is 634. The van der Waals surface area contributed by atoms with Gasteiger partial charge in [0.05, 0.1) is 24.9 Å². The largest absolute Gasteiger partial charge is 0.496 e. The Morgan fingerprint density at radius 3 is 1.76 bits per heavy atom. The second-order valence-electron chi connectivity index (χ2n) is 3.85. The minimum Gasteiger partial charge on any atom is -0.496 e. The summed E-state index contributed by atoms with van der Waals surface area (Å²) in [6.07, 6.45) is 0. The van der Waals surface area contributed by atoms with E-state index in [1.54, 1.807) is 19.2 Å². The minimum absolute atomic E-state index is 0.269. The van der Waals surface area contributed by atoms with Crippen molar-refractivity contribution < 1.29 is 14.2 Å². The number of aromatic nitrogens is 2. The molecule has 112 valence electrons. The molecule has 0 unspecified atom stereocenters. The molecular weight excluding hydrogens is 430 g/mol. The summed E-state index contributed by atoms with van der Waals surface area (Å²) in [5.41, 5.74) is 0.556. The van der Waals surface area contributed by atoms with Crippen molar-refractivity contribution in [1.82, 2.24) is 9.97 Å². The Morgan fingerprint density at radius 2 is 1.38 bits per heavy atom. The number of rotatable bonds is 4. The molecule has 0 fully saturated rings. The van der Waals surface area contributed by atoms with Crippen molar-refractivity contribution in [2.75, 3.05) is 21.3 Å². The lowest BCUT2D eigenvalue weighted by molar-refractivity contribution is 0.377. The molecule has 0 spiro atoms. The smallest absolute Gasteiger partial charge is 0.170 e. The number of ether oxygens (including phenoxy) is 3. The first-order valence-electron chi connectivity index (χ1n) is 5.70. The van der Waals surface area contributed by atoms with E-state index in [0.29, 0.717) is 32.2 Å². The number of methoxy groups -OCH3 is 3. The maximum atomic E-state index is 6.07. The highest BCUT2D eigenvalue weighted by molar-refractivity contribution is 14.1. The van der Waals surface area contributed by atoms with Gasteiger partial charge >= 0.3 is 0 Å². The molecule has 0 radical (unpaired) electrons. The van der Waals surface area contributed by atoms with Gasteiger partial charge in [-0.1, -0.05) is 23.2 Å². The standard InChI is InChI=1S/C13H11Cl2IN2O3/c1-19-6-4-7(20-2)9(8(5-6)21-3)13-17-11(14)10(16)12(15)18-13/h4-5H,1-3H3. The molecule has 8 heteroatoms. The molecule has 2 rings (SSSR count). The number of benzene rings is 1. The van der Waals surface area contributed by atoms with E-state index < -0.39 is 0 Å². The first-order valence-corrected chi connectivity index (χ1v) is 7.54. The van der Waals surface area contributed by atoms with E-state index >= 15 is 0 Å². The number of halogens is 3. The molecule has 0 aliphatic heterocycles. The summed E-state index contributed by atoms with van der Waals surface area (Å²) in [4.78, 5) is 8.48. The lowest BCUT2D eigenvalue weighted by atomic mass is 10.1. The van der Waals surface area contributed by atoms with Gasteiger partial charge in [0.15, 0.2) is 5.82 Å². The summed E-state index contributed by atoms with van der Waals surface area (Å²) in [6, 6.07) is 3.42. The Kier molecular flexibility index (Phi) is 5.34. The van der Waals surface area contributed by atoms with Crippen LogP contribution in [0.5, 0.6) is 17.2 Å². The first-order chi connectivity index (χ1) is 10.0. The van der Waals surface area contributed by atoms with E-state index in [1.807, 2.05) is 22.6 Å². The molecule has 0 aliphatic carbocycles. The van der Waals surface area contributed by atoms with Gasteiger partial charge in [0, 0.05) is 12.1 Å². The molecule has 0 atom stereocenters. The van der Waals surface area contributed by atoms with Crippen molar-refractivity contribution in [2.24, 2.45) is 0 Å². The molecule has 1 aromatic carbocycles. The van der Waals surface area contributed by atoms with E-state index in [9.17, 15) is 0 Å². The van der Waals surface area contributed by atoms with Crippen LogP contribution < -0.4 is 14.2 Å². The molecule has 1 aromatic heterocycles. The zero-order chi connectivity index (χ0) is 15.6. The summed E-state index contributed by atoms with van der Waals surface area (Å²) < 4.78 is 16.5. The van der Waals surface area contributed by atoms with Crippen LogP contribution in [0, 0.1) is 3.57 Å². The molecule has 5 nitrogen and oxygen atoms in total. The van der Waals surface area contributed by atoms with Gasteiger partial charge in [0.2, 0.25) is 0 Å². The molecule has 0 aliphatic rings. The fourth-order valence-corrected chi connectivity index (χ4v) is 2.36. The van der Waals surface area contributed by atoms with Crippen LogP contribution in [-0.4, -0.2) is 31.3 Å². The molecule has 0 amide bonds. The SMILES string of the molecule is COc1cc(OC)c(-c2nc(Cl)c(I)c(Cl)n2)c(OC)c1. The van der Waals surface area contributed by atoms with Crippen molar-refractivity contribution in [2.45, 2.75) is 0 Å². The van der Waals surface area contributed by atoms with Crippen molar-refractivity contribution >= 4 is 45.8 Å². The molecule has 21 heavy (non-hydrogen) atoms. The lowest BCUT2D eigenvalue weighted by Gasteiger charge is -2.14. The average molecular weight is 441 g/mol. The molecule has 2 aromatic rings. The van der Waals surface area contributed by atoms with Crippen LogP contribution in [-0.2, 0) is 0 Å². The maximum absolute atomic E-state index is 6.07. The zero-order valence-electron chi connectivity index (χ0n) is 11.4. The van der Waals surface area contributed by atoms with E-state index in [0.717, 1.165) is 0 Å². The second kappa shape index (κ2) is 6.85. The highest BCUT2D eigenvalue weighted by Crippen LogP contribution is 2.41. The molecule has 0 saturated carbocycles. The molecule has 0 bridgehead atoms. The topological polar surface area (TPSA) is 53.5 Å². The summed E-state index contributed by atoms with van der Waals surface area (Å²) in [6.45, 7) is 0. The number of hydrogen-bond donors (Lipinski definition) is 0. The third-order valence-corrected chi connectivity index (χ3v) is 4.92. The Morgan fingerprint density at radius 1 is 0.905 bits per heavy atom. The summed E-state index contributed by atoms with van der Waals surface area (Å²) in [7, 11) is 4.63. The normalized spacial score (nSPS) is 10.4. The summed E-state index contributed by atoms with van der Waals surface area (Å²) in [5, 5.41) is 0.538. The fourth-order valence-electron chi connectivity index (χ4n) is 1.73. The fraction of sp³-hybridized carbons (Fsp3) is 0.231. The van der Waals surface area contributed by atoms with Gasteiger partial charge in [-0.25, -0.2) is 9.97 Å². The van der Waals surface area contributed by atoms with Crippen molar-refractivity contribution in [1.29, 1.82) is 0 Å². The van der Waals surface area contributed by atoms with Crippen LogP contribution >= 0.6 is 45.8 Å². The number of hydrogen-bond acceptors (Lipinski definition) is 5. The van der Waals surface area contributed by atoms with Gasteiger partial charge in [0.25, 0.3) is 0 Å². The molecular formula is C13H11Cl2IN2O3. The highest BCUT2D eigenvalue weighted by Gasteiger charge is 2.20. The Balaban J connectivity index is 2.73. The molecule has 0 saturated heterocycles. The zero-order valence-corrected chi connectivity index (χ0v) is 15.1. The van der Waals surface area contributed by atoms with Crippen molar-refractivity contribution in [3.63, 3.8) is 0 Å². The predicted molar refractivity (Wildman–Crippen MR) is 89.9 cm³/mol. The molecule has 0 N–H and O–H groups in total. The maximum Gasteiger partial charge on any atom is 0.170 e. The Labute approximate surface area is 145 Å². The van der Waals surface area contributed by atoms with Crippen LogP contribution in [0.4, 0.5) is 0 Å². The van der Waals surface area contributed by atoms with Crippen LogP contribution in [0.25, 0.3) is 11.4 Å². The van der Waals surface area contributed by atoms with E-state index in [1.165, 1.54) is 14.2 Å². The third-order valence-electron chi connectivity index (χ3n) is 2.71. The van der Waals surface area contributed by atoms with E-state index in [-0.39, 0.29) is 10.3 Å². The number of nitrogens with zero attached hydrogens (tertiary/aromatic N) is 2. The summed E-state index contributed by atoms with van der Waals surface area (Å²) >= 11 is 14.1. The van der Waals surface area contributed by atoms with Gasteiger partial charge in [-0.2, -0.15) is 0 Å². The first kappa shape index (κ1) is 16.4. The monoisotopic (exact) mass is 440 g/mol. The average Bonchev–Trinajstić information content (AvgIpc) is 2.50. The Hall–Kier alpha value is -0.990. The molecule has 1 heterocycles. The van der Waals surface area contributed by atoms with Gasteiger partial charge in [-0.05, 0) is 22.6 Å². The third kappa shape index (κ3) is 3.27. The minimum atomic E-state index is 0.269. The lowest BCUT2D eigenvalue weighted by Crippen LogP contribution is -2.00. The van der Waals surface area contributed by atoms with Gasteiger partial charge in [0.1, 0.15) is 33.1 Å². The van der Waals surface area contributed by atoms with Crippen LogP contribution in [0.3, 0.4) is 0 Å². The quantitative estimate of drug-likeness (QED) is 0.529. The van der Waals surface area contributed by atoms with Crippen molar-refractivity contribution in [3.05, 3.63) is 26.0 Å². The van der Waals surface area contributed by atoms with E-state index in [4.69, 9.17) is 37.4 Å². The van der Waals surface area contributed by atoms with Crippen molar-refractivity contribution in [3.8, 4) is 28.6 Å². The summed E-state index contributed by atoms with van der Waals surface area (Å²) in [5.74, 6) is 1.91. The van der Waals surface area contributed by atoms with E-state index in [2.05, 4.69) is 9.97 Å². The second-order valence-corrected chi connectivity index (χ2v) is 5.64. The highest BCUT2D eigenvalue weighted by atomic mass is 127. The van der Waals surface area contributed by atoms with Gasteiger partial charge in [-0.15, -0.1) is 0 Å². The van der Waals surface area contributed by atoms with Crippen LogP contribution in [0.2, 0.25) is 10.3 Å². The van der Waals surface area contributed by atoms with Crippen LogP contribution in [0.1, 0.15) is 0 Å². The van der Waals surface area contributed by atoms with Crippen LogP contribution in [0.15, 0.2) is 12.1 Å². The predicted octanol–water partition coefficient (Wildman–Crippen LogP) is 4.08.